The van der Waals surface area contributed by atoms with E-state index in [2.05, 4.69) is 10.1 Å². The Morgan fingerprint density at radius 2 is 2.28 bits per heavy atom. The van der Waals surface area contributed by atoms with Gasteiger partial charge in [0.05, 0.1) is 12.7 Å². The van der Waals surface area contributed by atoms with Crippen LogP contribution in [0.25, 0.3) is 11.0 Å². The fourth-order valence-corrected chi connectivity index (χ4v) is 2.11. The van der Waals surface area contributed by atoms with Gasteiger partial charge in [-0.25, -0.2) is 4.98 Å². The molecule has 5 heteroatoms. The number of rotatable bonds is 3. The van der Waals surface area contributed by atoms with Crippen LogP contribution in [0.1, 0.15) is 15.9 Å². The topological polar surface area (TPSA) is 52.7 Å². The Balaban J connectivity index is 2.09. The number of aromatic nitrogens is 4. The first kappa shape index (κ1) is 10.7. The first-order valence-electron chi connectivity index (χ1n) is 5.64. The van der Waals surface area contributed by atoms with Gasteiger partial charge in [0, 0.05) is 42.2 Å². The standard InChI is InChI=1S/C13H12N4O/c1-16-6-10(5-15-16)7-17-8-11(9-18)12-3-2-4-14-13(12)17/h2-6,8-9H,7H2,1H3. The van der Waals surface area contributed by atoms with E-state index in [9.17, 15) is 4.79 Å². The van der Waals surface area contributed by atoms with Crippen LogP contribution in [-0.2, 0) is 13.6 Å². The molecule has 0 bridgehead atoms. The molecule has 0 aliphatic rings. The van der Waals surface area contributed by atoms with Gasteiger partial charge < -0.3 is 4.57 Å². The van der Waals surface area contributed by atoms with Gasteiger partial charge in [0.25, 0.3) is 0 Å². The van der Waals surface area contributed by atoms with Gasteiger partial charge in [0.1, 0.15) is 5.65 Å². The van der Waals surface area contributed by atoms with E-state index in [-0.39, 0.29) is 0 Å². The molecule has 0 spiro atoms. The van der Waals surface area contributed by atoms with Crippen molar-refractivity contribution in [1.82, 2.24) is 19.3 Å². The Kier molecular flexibility index (Phi) is 2.44. The number of aryl methyl sites for hydroxylation is 1. The minimum Gasteiger partial charge on any atom is -0.327 e. The number of hydrogen-bond donors (Lipinski definition) is 0. The summed E-state index contributed by atoms with van der Waals surface area (Å²) < 4.78 is 3.73. The smallest absolute Gasteiger partial charge is 0.152 e. The number of hydrogen-bond acceptors (Lipinski definition) is 3. The molecule has 0 fully saturated rings. The Morgan fingerprint density at radius 3 is 3.00 bits per heavy atom. The summed E-state index contributed by atoms with van der Waals surface area (Å²) in [6.45, 7) is 0.662. The maximum absolute atomic E-state index is 11.0. The second kappa shape index (κ2) is 4.10. The Labute approximate surface area is 104 Å². The molecule has 18 heavy (non-hydrogen) atoms. The van der Waals surface area contributed by atoms with E-state index in [4.69, 9.17) is 0 Å². The number of aldehydes is 1. The van der Waals surface area contributed by atoms with E-state index >= 15 is 0 Å². The molecular weight excluding hydrogens is 228 g/mol. The van der Waals surface area contributed by atoms with E-state index in [1.54, 1.807) is 10.9 Å². The van der Waals surface area contributed by atoms with E-state index < -0.39 is 0 Å². The van der Waals surface area contributed by atoms with Crippen molar-refractivity contribution in [1.29, 1.82) is 0 Å². The normalized spacial score (nSPS) is 10.9. The predicted octanol–water partition coefficient (Wildman–Crippen LogP) is 1.63. The summed E-state index contributed by atoms with van der Waals surface area (Å²) in [5.74, 6) is 0. The van der Waals surface area contributed by atoms with Crippen LogP contribution in [0, 0.1) is 0 Å². The minimum absolute atomic E-state index is 0.662. The van der Waals surface area contributed by atoms with Crippen molar-refractivity contribution in [2.45, 2.75) is 6.54 Å². The zero-order chi connectivity index (χ0) is 12.5. The average molecular weight is 240 g/mol. The van der Waals surface area contributed by atoms with Crippen LogP contribution in [0.2, 0.25) is 0 Å². The second-order valence-electron chi connectivity index (χ2n) is 4.23. The van der Waals surface area contributed by atoms with Crippen molar-refractivity contribution in [2.24, 2.45) is 7.05 Å². The quantitative estimate of drug-likeness (QED) is 0.654. The number of carbonyl (C=O) groups is 1. The lowest BCUT2D eigenvalue weighted by Gasteiger charge is -2.01. The lowest BCUT2D eigenvalue weighted by Crippen LogP contribution is -1.98. The molecule has 3 rings (SSSR count). The van der Waals surface area contributed by atoms with Crippen molar-refractivity contribution < 1.29 is 4.79 Å². The Bertz CT molecular complexity index is 711. The van der Waals surface area contributed by atoms with Crippen molar-refractivity contribution in [3.05, 3.63) is 48.0 Å². The van der Waals surface area contributed by atoms with E-state index in [1.807, 2.05) is 42.3 Å². The molecule has 0 aromatic carbocycles. The SMILES string of the molecule is Cn1cc(Cn2cc(C=O)c3cccnc32)cn1. The van der Waals surface area contributed by atoms with E-state index in [1.165, 1.54) is 0 Å². The van der Waals surface area contributed by atoms with Gasteiger partial charge in [-0.15, -0.1) is 0 Å². The van der Waals surface area contributed by atoms with Crippen LogP contribution in [0.4, 0.5) is 0 Å². The van der Waals surface area contributed by atoms with Crippen LogP contribution >= 0.6 is 0 Å². The summed E-state index contributed by atoms with van der Waals surface area (Å²) in [7, 11) is 1.88. The van der Waals surface area contributed by atoms with Crippen molar-refractivity contribution in [2.75, 3.05) is 0 Å². The molecule has 0 saturated carbocycles. The fourth-order valence-electron chi connectivity index (χ4n) is 2.11. The van der Waals surface area contributed by atoms with E-state index in [0.29, 0.717) is 12.1 Å². The Morgan fingerprint density at radius 1 is 1.39 bits per heavy atom. The van der Waals surface area contributed by atoms with Crippen LogP contribution in [0.5, 0.6) is 0 Å². The highest BCUT2D eigenvalue weighted by Crippen LogP contribution is 2.18. The van der Waals surface area contributed by atoms with Gasteiger partial charge in [-0.2, -0.15) is 5.10 Å². The number of nitrogens with zero attached hydrogens (tertiary/aromatic N) is 4. The molecule has 5 nitrogen and oxygen atoms in total. The third kappa shape index (κ3) is 1.69. The lowest BCUT2D eigenvalue weighted by molar-refractivity contribution is 0.112. The minimum atomic E-state index is 0.662. The predicted molar refractivity (Wildman–Crippen MR) is 67.4 cm³/mol. The van der Waals surface area contributed by atoms with Crippen molar-refractivity contribution >= 4 is 17.3 Å². The first-order chi connectivity index (χ1) is 8.78. The molecule has 90 valence electrons. The highest BCUT2D eigenvalue weighted by Gasteiger charge is 2.09. The van der Waals surface area contributed by atoms with Crippen LogP contribution in [0.15, 0.2) is 36.9 Å². The fraction of sp³-hybridized carbons (Fsp3) is 0.154. The van der Waals surface area contributed by atoms with Gasteiger partial charge in [0.2, 0.25) is 0 Å². The maximum Gasteiger partial charge on any atom is 0.152 e. The molecule has 0 aliphatic carbocycles. The maximum atomic E-state index is 11.0. The molecular formula is C13H12N4O. The lowest BCUT2D eigenvalue weighted by atomic mass is 10.2. The van der Waals surface area contributed by atoms with Crippen molar-refractivity contribution in [3.8, 4) is 0 Å². The van der Waals surface area contributed by atoms with Gasteiger partial charge in [-0.3, -0.25) is 9.48 Å². The molecule has 0 atom stereocenters. The molecule has 0 unspecified atom stereocenters. The number of fused-ring (bicyclic) bond motifs is 1. The van der Waals surface area contributed by atoms with Gasteiger partial charge in [-0.05, 0) is 12.1 Å². The first-order valence-corrected chi connectivity index (χ1v) is 5.64. The summed E-state index contributed by atoms with van der Waals surface area (Å²) in [6, 6.07) is 3.75. The molecule has 3 aromatic heterocycles. The van der Waals surface area contributed by atoms with Gasteiger partial charge in [0.15, 0.2) is 6.29 Å². The van der Waals surface area contributed by atoms with Crippen LogP contribution in [-0.4, -0.2) is 25.6 Å². The van der Waals surface area contributed by atoms with Crippen LogP contribution < -0.4 is 0 Å². The molecule has 0 N–H and O–H groups in total. The van der Waals surface area contributed by atoms with Crippen LogP contribution in [0.3, 0.4) is 0 Å². The molecule has 0 amide bonds. The summed E-state index contributed by atoms with van der Waals surface area (Å²) >= 11 is 0. The highest BCUT2D eigenvalue weighted by atomic mass is 16.1. The second-order valence-corrected chi connectivity index (χ2v) is 4.23. The number of carbonyl (C=O) groups excluding carboxylic acids is 1. The summed E-state index contributed by atoms with van der Waals surface area (Å²) in [6.07, 6.45) is 8.20. The molecule has 0 radical (unpaired) electrons. The molecule has 0 aliphatic heterocycles. The molecule has 0 saturated heterocycles. The highest BCUT2D eigenvalue weighted by molar-refractivity contribution is 5.95. The zero-order valence-electron chi connectivity index (χ0n) is 9.95. The molecule has 3 aromatic rings. The van der Waals surface area contributed by atoms with Crippen molar-refractivity contribution in [3.63, 3.8) is 0 Å². The average Bonchev–Trinajstić information content (AvgIpc) is 2.95. The molecule has 3 heterocycles. The van der Waals surface area contributed by atoms with Gasteiger partial charge in [-0.1, -0.05) is 0 Å². The summed E-state index contributed by atoms with van der Waals surface area (Å²) in [5.41, 5.74) is 2.57. The third-order valence-electron chi connectivity index (χ3n) is 2.90. The van der Waals surface area contributed by atoms with Gasteiger partial charge >= 0.3 is 0 Å². The summed E-state index contributed by atoms with van der Waals surface area (Å²) in [4.78, 5) is 15.4. The monoisotopic (exact) mass is 240 g/mol. The van der Waals surface area contributed by atoms with E-state index in [0.717, 1.165) is 22.9 Å². The summed E-state index contributed by atoms with van der Waals surface area (Å²) in [5, 5.41) is 5.02. The zero-order valence-corrected chi connectivity index (χ0v) is 9.95. The largest absolute Gasteiger partial charge is 0.327 e. The number of pyridine rings is 1. The Hall–Kier alpha value is -2.43. The third-order valence-corrected chi connectivity index (χ3v) is 2.90.